The largest absolute Gasteiger partial charge is 0.266 e. The standard InChI is InChI=1S/C14H15N5S/c1-7-8(2)10-11-12(20-14(10)16-9(7)3)13-15-5-4-6-19(13)18-17-11/h4-6H2,1-3H3. The fourth-order valence-electron chi connectivity index (χ4n) is 2.74. The molecule has 4 rings (SSSR count). The predicted molar refractivity (Wildman–Crippen MR) is 81.1 cm³/mol. The molecule has 2 aliphatic heterocycles. The number of thiophene rings is 1. The molecule has 2 aromatic heterocycles. The van der Waals surface area contributed by atoms with Gasteiger partial charge in [-0.05, 0) is 38.3 Å². The SMILES string of the molecule is Cc1nc2sc3c(c2c(C)c1C)N=NN1CCCN=C31. The van der Waals surface area contributed by atoms with E-state index in [0.717, 1.165) is 51.8 Å². The van der Waals surface area contributed by atoms with E-state index >= 15 is 0 Å². The van der Waals surface area contributed by atoms with E-state index in [1.807, 2.05) is 5.01 Å². The predicted octanol–water partition coefficient (Wildman–Crippen LogP) is 3.69. The molecule has 0 spiro atoms. The van der Waals surface area contributed by atoms with Crippen molar-refractivity contribution in [2.45, 2.75) is 27.2 Å². The molecular weight excluding hydrogens is 270 g/mol. The third-order valence-corrected chi connectivity index (χ3v) is 5.17. The van der Waals surface area contributed by atoms with Crippen molar-refractivity contribution < 1.29 is 0 Å². The van der Waals surface area contributed by atoms with Crippen molar-refractivity contribution in [2.24, 2.45) is 15.3 Å². The fraction of sp³-hybridized carbons (Fsp3) is 0.429. The van der Waals surface area contributed by atoms with Crippen molar-refractivity contribution in [3.8, 4) is 0 Å². The number of nitrogens with zero attached hydrogens (tertiary/aromatic N) is 5. The van der Waals surface area contributed by atoms with Gasteiger partial charge < -0.3 is 0 Å². The van der Waals surface area contributed by atoms with Crippen LogP contribution in [-0.4, -0.2) is 28.9 Å². The van der Waals surface area contributed by atoms with E-state index in [1.54, 1.807) is 11.3 Å². The lowest BCUT2D eigenvalue weighted by Crippen LogP contribution is -2.32. The van der Waals surface area contributed by atoms with Crippen LogP contribution in [0.1, 0.15) is 28.1 Å². The Kier molecular flexibility index (Phi) is 2.44. The molecule has 2 aliphatic rings. The topological polar surface area (TPSA) is 53.2 Å². The highest BCUT2D eigenvalue weighted by Crippen LogP contribution is 2.43. The maximum absolute atomic E-state index is 4.72. The molecule has 20 heavy (non-hydrogen) atoms. The molecule has 0 radical (unpaired) electrons. The van der Waals surface area contributed by atoms with Gasteiger partial charge in [-0.3, -0.25) is 4.99 Å². The Morgan fingerprint density at radius 1 is 1.15 bits per heavy atom. The van der Waals surface area contributed by atoms with E-state index in [9.17, 15) is 0 Å². The summed E-state index contributed by atoms with van der Waals surface area (Å²) in [4.78, 5) is 11.5. The normalized spacial score (nSPS) is 17.1. The Morgan fingerprint density at radius 2 is 2.00 bits per heavy atom. The molecule has 0 aliphatic carbocycles. The lowest BCUT2D eigenvalue weighted by Gasteiger charge is -2.25. The van der Waals surface area contributed by atoms with E-state index in [-0.39, 0.29) is 0 Å². The van der Waals surface area contributed by atoms with Gasteiger partial charge in [-0.15, -0.1) is 16.5 Å². The minimum absolute atomic E-state index is 0.875. The van der Waals surface area contributed by atoms with Crippen LogP contribution in [0.3, 0.4) is 0 Å². The summed E-state index contributed by atoms with van der Waals surface area (Å²) in [5, 5.41) is 11.8. The van der Waals surface area contributed by atoms with Crippen molar-refractivity contribution in [3.05, 3.63) is 21.7 Å². The highest BCUT2D eigenvalue weighted by atomic mass is 32.1. The van der Waals surface area contributed by atoms with E-state index in [4.69, 9.17) is 4.98 Å². The molecule has 0 atom stereocenters. The maximum atomic E-state index is 4.72. The third-order valence-electron chi connectivity index (χ3n) is 4.10. The van der Waals surface area contributed by atoms with Crippen molar-refractivity contribution in [2.75, 3.05) is 13.1 Å². The van der Waals surface area contributed by atoms with E-state index in [2.05, 4.69) is 36.1 Å². The van der Waals surface area contributed by atoms with Crippen LogP contribution in [0.5, 0.6) is 0 Å². The van der Waals surface area contributed by atoms with Crippen LogP contribution in [-0.2, 0) is 0 Å². The minimum Gasteiger partial charge on any atom is -0.266 e. The van der Waals surface area contributed by atoms with Crippen molar-refractivity contribution >= 4 is 33.1 Å². The van der Waals surface area contributed by atoms with Crippen LogP contribution in [0, 0.1) is 20.8 Å². The summed E-state index contributed by atoms with van der Waals surface area (Å²) in [6.07, 6.45) is 1.04. The molecular formula is C14H15N5S. The Hall–Kier alpha value is -1.82. The number of pyridine rings is 1. The van der Waals surface area contributed by atoms with Crippen LogP contribution in [0.2, 0.25) is 0 Å². The van der Waals surface area contributed by atoms with Crippen molar-refractivity contribution in [1.82, 2.24) is 9.99 Å². The Morgan fingerprint density at radius 3 is 2.85 bits per heavy atom. The number of aromatic nitrogens is 1. The molecule has 0 fully saturated rings. The number of hydrogen-bond acceptors (Lipinski definition) is 6. The van der Waals surface area contributed by atoms with Crippen LogP contribution in [0.4, 0.5) is 5.69 Å². The first-order valence-electron chi connectivity index (χ1n) is 6.81. The Bertz CT molecular complexity index is 787. The van der Waals surface area contributed by atoms with Crippen LogP contribution < -0.4 is 0 Å². The van der Waals surface area contributed by atoms with Gasteiger partial charge in [0.15, 0.2) is 5.84 Å². The smallest absolute Gasteiger partial charge is 0.165 e. The molecule has 5 nitrogen and oxygen atoms in total. The Balaban J connectivity index is 2.07. The summed E-state index contributed by atoms with van der Waals surface area (Å²) in [5.41, 5.74) is 4.54. The molecule has 0 N–H and O–H groups in total. The van der Waals surface area contributed by atoms with E-state index in [0.29, 0.717) is 0 Å². The molecule has 2 aromatic rings. The molecule has 0 bridgehead atoms. The van der Waals surface area contributed by atoms with Gasteiger partial charge in [-0.25, -0.2) is 9.99 Å². The average molecular weight is 285 g/mol. The second kappa shape index (κ2) is 4.09. The number of amidine groups is 1. The first-order chi connectivity index (χ1) is 9.66. The maximum Gasteiger partial charge on any atom is 0.165 e. The van der Waals surface area contributed by atoms with Gasteiger partial charge >= 0.3 is 0 Å². The molecule has 102 valence electrons. The Labute approximate surface area is 121 Å². The average Bonchev–Trinajstić information content (AvgIpc) is 2.83. The molecule has 0 amide bonds. The molecule has 0 aromatic carbocycles. The van der Waals surface area contributed by atoms with Gasteiger partial charge in [0.1, 0.15) is 15.4 Å². The van der Waals surface area contributed by atoms with Gasteiger partial charge in [0.25, 0.3) is 0 Å². The molecule has 0 saturated heterocycles. The minimum atomic E-state index is 0.875. The van der Waals surface area contributed by atoms with E-state index < -0.39 is 0 Å². The zero-order valence-electron chi connectivity index (χ0n) is 11.8. The monoisotopic (exact) mass is 285 g/mol. The van der Waals surface area contributed by atoms with Crippen molar-refractivity contribution in [1.29, 1.82) is 0 Å². The zero-order chi connectivity index (χ0) is 13.9. The van der Waals surface area contributed by atoms with Crippen LogP contribution >= 0.6 is 11.3 Å². The highest BCUT2D eigenvalue weighted by molar-refractivity contribution is 7.21. The number of aliphatic imine (C=N–C) groups is 1. The molecule has 0 unspecified atom stereocenters. The van der Waals surface area contributed by atoms with E-state index in [1.165, 1.54) is 11.1 Å². The lowest BCUT2D eigenvalue weighted by atomic mass is 10.0. The zero-order valence-corrected chi connectivity index (χ0v) is 12.6. The summed E-state index contributed by atoms with van der Waals surface area (Å²) < 4.78 is 0. The van der Waals surface area contributed by atoms with Gasteiger partial charge in [0.2, 0.25) is 0 Å². The fourth-order valence-corrected chi connectivity index (χ4v) is 3.97. The first-order valence-corrected chi connectivity index (χ1v) is 7.63. The third kappa shape index (κ3) is 1.48. The number of rotatable bonds is 0. The number of aryl methyl sites for hydroxylation is 2. The summed E-state index contributed by atoms with van der Waals surface area (Å²) >= 11 is 1.69. The van der Waals surface area contributed by atoms with Gasteiger partial charge in [0, 0.05) is 24.2 Å². The molecule has 6 heteroatoms. The summed E-state index contributed by atoms with van der Waals surface area (Å²) in [5.74, 6) is 0.971. The van der Waals surface area contributed by atoms with Crippen molar-refractivity contribution in [3.63, 3.8) is 0 Å². The van der Waals surface area contributed by atoms with Crippen LogP contribution in [0.15, 0.2) is 15.3 Å². The highest BCUT2D eigenvalue weighted by Gasteiger charge is 2.29. The first kappa shape index (κ1) is 12.0. The molecule has 0 saturated carbocycles. The number of hydrogen-bond donors (Lipinski definition) is 0. The molecule has 4 heterocycles. The second-order valence-electron chi connectivity index (χ2n) is 5.28. The summed E-state index contributed by atoms with van der Waals surface area (Å²) in [6, 6.07) is 0. The van der Waals surface area contributed by atoms with Gasteiger partial charge in [0.05, 0.1) is 0 Å². The van der Waals surface area contributed by atoms with Gasteiger partial charge in [-0.2, -0.15) is 0 Å². The van der Waals surface area contributed by atoms with Crippen LogP contribution in [0.25, 0.3) is 10.2 Å². The van der Waals surface area contributed by atoms with Gasteiger partial charge in [-0.1, -0.05) is 5.22 Å². The summed E-state index contributed by atoms with van der Waals surface area (Å²) in [7, 11) is 0. The summed E-state index contributed by atoms with van der Waals surface area (Å²) in [6.45, 7) is 8.10. The quantitative estimate of drug-likeness (QED) is 0.741. The lowest BCUT2D eigenvalue weighted by molar-refractivity contribution is 0.390. The second-order valence-corrected chi connectivity index (χ2v) is 6.28. The number of fused-ring (bicyclic) bond motifs is 5.